The first-order valence-corrected chi connectivity index (χ1v) is 12.7. The molecule has 0 spiro atoms. The lowest BCUT2D eigenvalue weighted by molar-refractivity contribution is -0.121. The number of amides is 3. The van der Waals surface area contributed by atoms with Crippen LogP contribution in [0.15, 0.2) is 84.2 Å². The zero-order chi connectivity index (χ0) is 25.2. The lowest BCUT2D eigenvalue weighted by Crippen LogP contribution is -2.50. The van der Waals surface area contributed by atoms with E-state index in [0.717, 1.165) is 26.7 Å². The van der Waals surface area contributed by atoms with Crippen LogP contribution in [-0.2, 0) is 4.79 Å². The number of imide groups is 1. The Morgan fingerprint density at radius 2 is 1.50 bits per heavy atom. The van der Waals surface area contributed by atoms with Crippen molar-refractivity contribution in [2.45, 2.75) is 26.3 Å². The van der Waals surface area contributed by atoms with Crippen molar-refractivity contribution in [3.8, 4) is 21.8 Å². The molecule has 2 atom stereocenters. The number of rotatable bonds is 7. The van der Waals surface area contributed by atoms with Crippen molar-refractivity contribution < 1.29 is 14.4 Å². The molecule has 0 bridgehead atoms. The minimum atomic E-state index is -0.908. The molecule has 0 saturated carbocycles. The third-order valence-corrected chi connectivity index (χ3v) is 7.42. The van der Waals surface area contributed by atoms with E-state index in [4.69, 9.17) is 4.98 Å². The minimum Gasteiger partial charge on any atom is -0.324 e. The summed E-state index contributed by atoms with van der Waals surface area (Å²) in [6.45, 7) is 3.82. The molecular weight excluding hydrogens is 470 g/mol. The Hall–Kier alpha value is -4.10. The van der Waals surface area contributed by atoms with Gasteiger partial charge in [-0.1, -0.05) is 74.9 Å². The number of hydrogen-bond acceptors (Lipinski definition) is 5. The standard InChI is InChI=1S/C29H25N3O3S/c1-3-18(2)25(32-28(34)22-11-7-8-12-23(22)29(32)35)26(33)30-21-15-13-19(14-16-21)24-17-36-27(31-24)20-9-5-4-6-10-20/h4-18,25H,3H2,1-2H3,(H,30,33). The number of anilines is 1. The van der Waals surface area contributed by atoms with E-state index in [1.807, 2.05) is 73.8 Å². The number of aromatic nitrogens is 1. The predicted octanol–water partition coefficient (Wildman–Crippen LogP) is 6.13. The van der Waals surface area contributed by atoms with Gasteiger partial charge < -0.3 is 5.32 Å². The molecule has 1 aliphatic rings. The van der Waals surface area contributed by atoms with Crippen LogP contribution in [0.2, 0.25) is 0 Å². The highest BCUT2D eigenvalue weighted by Gasteiger charge is 2.44. The van der Waals surface area contributed by atoms with E-state index in [9.17, 15) is 14.4 Å². The third-order valence-electron chi connectivity index (χ3n) is 6.53. The summed E-state index contributed by atoms with van der Waals surface area (Å²) in [5.41, 5.74) is 4.14. The SMILES string of the molecule is CCC(C)C(C(=O)Nc1ccc(-c2csc(-c3ccccc3)n2)cc1)N1C(=O)c2ccccc2C1=O. The number of carbonyl (C=O) groups is 3. The van der Waals surface area contributed by atoms with E-state index in [2.05, 4.69) is 5.32 Å². The number of fused-ring (bicyclic) bond motifs is 1. The second-order valence-electron chi connectivity index (χ2n) is 8.83. The Morgan fingerprint density at radius 1 is 0.889 bits per heavy atom. The van der Waals surface area contributed by atoms with Gasteiger partial charge in [-0.3, -0.25) is 19.3 Å². The van der Waals surface area contributed by atoms with E-state index in [1.54, 1.807) is 35.6 Å². The normalized spacial score (nSPS) is 14.4. The Balaban J connectivity index is 1.34. The molecule has 1 N–H and O–H groups in total. The fraction of sp³-hybridized carbons (Fsp3) is 0.172. The number of benzene rings is 3. The first kappa shape index (κ1) is 23.6. The summed E-state index contributed by atoms with van der Waals surface area (Å²) in [6.07, 6.45) is 0.637. The van der Waals surface area contributed by atoms with Crippen molar-refractivity contribution in [1.29, 1.82) is 0 Å². The summed E-state index contributed by atoms with van der Waals surface area (Å²) in [5, 5.41) is 5.86. The maximum atomic E-state index is 13.4. The van der Waals surface area contributed by atoms with Crippen molar-refractivity contribution in [3.63, 3.8) is 0 Å². The van der Waals surface area contributed by atoms with Gasteiger partial charge in [0.1, 0.15) is 11.0 Å². The maximum Gasteiger partial charge on any atom is 0.262 e. The summed E-state index contributed by atoms with van der Waals surface area (Å²) in [4.78, 5) is 45.3. The topological polar surface area (TPSA) is 79.4 Å². The van der Waals surface area contributed by atoms with Gasteiger partial charge in [-0.05, 0) is 30.2 Å². The average Bonchev–Trinajstić information content (AvgIpc) is 3.50. The molecule has 0 fully saturated rings. The molecule has 1 aliphatic heterocycles. The first-order chi connectivity index (χ1) is 17.5. The zero-order valence-electron chi connectivity index (χ0n) is 20.0. The molecule has 3 amide bonds. The fourth-order valence-corrected chi connectivity index (χ4v) is 5.21. The number of thiazole rings is 1. The number of carbonyl (C=O) groups excluding carboxylic acids is 3. The van der Waals surface area contributed by atoms with Crippen LogP contribution in [0.3, 0.4) is 0 Å². The van der Waals surface area contributed by atoms with E-state index < -0.39 is 17.9 Å². The molecule has 0 saturated heterocycles. The van der Waals surface area contributed by atoms with Crippen LogP contribution < -0.4 is 5.32 Å². The summed E-state index contributed by atoms with van der Waals surface area (Å²) in [7, 11) is 0. The van der Waals surface area contributed by atoms with Gasteiger partial charge in [0.2, 0.25) is 5.91 Å². The van der Waals surface area contributed by atoms with Crippen molar-refractivity contribution in [2.75, 3.05) is 5.32 Å². The Labute approximate surface area is 213 Å². The summed E-state index contributed by atoms with van der Waals surface area (Å²) in [6, 6.07) is 23.2. The molecule has 2 heterocycles. The van der Waals surface area contributed by atoms with E-state index in [0.29, 0.717) is 23.2 Å². The predicted molar refractivity (Wildman–Crippen MR) is 142 cm³/mol. The molecule has 2 unspecified atom stereocenters. The Morgan fingerprint density at radius 3 is 2.11 bits per heavy atom. The second-order valence-corrected chi connectivity index (χ2v) is 9.68. The van der Waals surface area contributed by atoms with Gasteiger partial charge in [0.05, 0.1) is 16.8 Å². The quantitative estimate of drug-likeness (QED) is 0.313. The van der Waals surface area contributed by atoms with Gasteiger partial charge in [0.25, 0.3) is 11.8 Å². The third kappa shape index (κ3) is 4.33. The molecule has 36 heavy (non-hydrogen) atoms. The zero-order valence-corrected chi connectivity index (χ0v) is 20.8. The lowest BCUT2D eigenvalue weighted by Gasteiger charge is -2.29. The smallest absolute Gasteiger partial charge is 0.262 e. The van der Waals surface area contributed by atoms with Gasteiger partial charge in [-0.2, -0.15) is 0 Å². The molecule has 3 aromatic carbocycles. The number of hydrogen-bond donors (Lipinski definition) is 1. The highest BCUT2D eigenvalue weighted by atomic mass is 32.1. The maximum absolute atomic E-state index is 13.4. The minimum absolute atomic E-state index is 0.210. The van der Waals surface area contributed by atoms with Crippen molar-refractivity contribution in [2.24, 2.45) is 5.92 Å². The van der Waals surface area contributed by atoms with Gasteiger partial charge >= 0.3 is 0 Å². The van der Waals surface area contributed by atoms with Crippen molar-refractivity contribution in [1.82, 2.24) is 9.88 Å². The second kappa shape index (κ2) is 9.87. The molecule has 0 aliphatic carbocycles. The Kier molecular flexibility index (Phi) is 6.48. The fourth-order valence-electron chi connectivity index (χ4n) is 4.37. The summed E-state index contributed by atoms with van der Waals surface area (Å²) in [5.74, 6) is -1.45. The molecule has 6 nitrogen and oxygen atoms in total. The molecular formula is C29H25N3O3S. The molecule has 1 aromatic heterocycles. The molecule has 5 rings (SSSR count). The molecule has 4 aromatic rings. The highest BCUT2D eigenvalue weighted by molar-refractivity contribution is 7.13. The van der Waals surface area contributed by atoms with E-state index in [-0.39, 0.29) is 11.8 Å². The molecule has 180 valence electrons. The largest absolute Gasteiger partial charge is 0.324 e. The van der Waals surface area contributed by atoms with E-state index in [1.165, 1.54) is 0 Å². The Bertz CT molecular complexity index is 1390. The number of nitrogens with one attached hydrogen (secondary N) is 1. The van der Waals surface area contributed by atoms with Crippen molar-refractivity contribution >= 4 is 34.7 Å². The average molecular weight is 496 g/mol. The van der Waals surface area contributed by atoms with Crippen LogP contribution in [0.1, 0.15) is 41.0 Å². The van der Waals surface area contributed by atoms with Crippen LogP contribution in [0.4, 0.5) is 5.69 Å². The van der Waals surface area contributed by atoms with Crippen LogP contribution in [0, 0.1) is 5.92 Å². The van der Waals surface area contributed by atoms with Gasteiger partial charge in [-0.15, -0.1) is 11.3 Å². The van der Waals surface area contributed by atoms with Crippen LogP contribution in [0.25, 0.3) is 21.8 Å². The molecule has 7 heteroatoms. The number of nitrogens with zero attached hydrogens (tertiary/aromatic N) is 2. The van der Waals surface area contributed by atoms with Crippen LogP contribution in [-0.4, -0.2) is 33.6 Å². The van der Waals surface area contributed by atoms with Crippen LogP contribution in [0.5, 0.6) is 0 Å². The van der Waals surface area contributed by atoms with Gasteiger partial charge in [-0.25, -0.2) is 4.98 Å². The lowest BCUT2D eigenvalue weighted by atomic mass is 9.96. The van der Waals surface area contributed by atoms with Gasteiger partial charge in [0.15, 0.2) is 0 Å². The van der Waals surface area contributed by atoms with Crippen molar-refractivity contribution in [3.05, 3.63) is 95.4 Å². The monoisotopic (exact) mass is 495 g/mol. The highest BCUT2D eigenvalue weighted by Crippen LogP contribution is 2.31. The van der Waals surface area contributed by atoms with Crippen LogP contribution >= 0.6 is 11.3 Å². The summed E-state index contributed by atoms with van der Waals surface area (Å²) >= 11 is 1.58. The van der Waals surface area contributed by atoms with E-state index >= 15 is 0 Å². The molecule has 0 radical (unpaired) electrons. The van der Waals surface area contributed by atoms with Gasteiger partial charge in [0, 0.05) is 22.2 Å². The first-order valence-electron chi connectivity index (χ1n) is 11.9. The summed E-state index contributed by atoms with van der Waals surface area (Å²) < 4.78 is 0.